The summed E-state index contributed by atoms with van der Waals surface area (Å²) in [7, 11) is 1.68. The van der Waals surface area contributed by atoms with Crippen LogP contribution in [0.2, 0.25) is 0 Å². The van der Waals surface area contributed by atoms with Crippen molar-refractivity contribution in [3.8, 4) is 0 Å². The maximum atomic E-state index is 11.6. The van der Waals surface area contributed by atoms with E-state index in [9.17, 15) is 9.59 Å². The first kappa shape index (κ1) is 24.4. The van der Waals surface area contributed by atoms with E-state index in [2.05, 4.69) is 4.74 Å². The molecule has 4 unspecified atom stereocenters. The highest BCUT2D eigenvalue weighted by molar-refractivity contribution is 6.00. The summed E-state index contributed by atoms with van der Waals surface area (Å²) >= 11 is 0. The van der Waals surface area contributed by atoms with E-state index >= 15 is 0 Å². The minimum atomic E-state index is -0.324. The second kappa shape index (κ2) is 11.6. The molecule has 0 saturated heterocycles. The first-order valence-electron chi connectivity index (χ1n) is 12.2. The Morgan fingerprint density at radius 1 is 0.844 bits per heavy atom. The molecule has 0 aliphatic heterocycles. The van der Waals surface area contributed by atoms with Gasteiger partial charge in [-0.1, -0.05) is 24.6 Å². The Morgan fingerprint density at radius 3 is 1.88 bits per heavy atom. The molecule has 3 saturated carbocycles. The van der Waals surface area contributed by atoms with Crippen molar-refractivity contribution in [1.29, 1.82) is 0 Å². The van der Waals surface area contributed by atoms with Crippen LogP contribution in [0.5, 0.6) is 0 Å². The third-order valence-corrected chi connectivity index (χ3v) is 7.40. The zero-order valence-corrected chi connectivity index (χ0v) is 20.1. The topological polar surface area (TPSA) is 52.6 Å². The van der Waals surface area contributed by atoms with Crippen molar-refractivity contribution in [2.24, 2.45) is 23.7 Å². The number of carbonyl (C=O) groups excluding carboxylic acids is 2. The van der Waals surface area contributed by atoms with Crippen LogP contribution in [-0.4, -0.2) is 32.1 Å². The third-order valence-electron chi connectivity index (χ3n) is 7.40. The van der Waals surface area contributed by atoms with E-state index < -0.39 is 0 Å². The Hall–Kier alpha value is -2.20. The molecule has 5 rings (SSSR count). The molecule has 3 aliphatic carbocycles. The number of ketones is 1. The maximum Gasteiger partial charge on any atom is 0.338 e. The Bertz CT molecular complexity index is 901. The van der Waals surface area contributed by atoms with Gasteiger partial charge in [0, 0.05) is 19.3 Å². The molecule has 2 aromatic carbocycles. The molecule has 0 amide bonds. The number of esters is 1. The third kappa shape index (κ3) is 5.78. The molecule has 32 heavy (non-hydrogen) atoms. The number of methoxy groups -OCH3 is 1. The Morgan fingerprint density at radius 2 is 1.38 bits per heavy atom. The molecular weight excluding hydrogens is 400 g/mol. The summed E-state index contributed by atoms with van der Waals surface area (Å²) < 4.78 is 9.49. The molecule has 0 heterocycles. The summed E-state index contributed by atoms with van der Waals surface area (Å²) in [6.45, 7) is 6.45. The van der Waals surface area contributed by atoms with Crippen molar-refractivity contribution in [1.82, 2.24) is 0 Å². The van der Waals surface area contributed by atoms with Gasteiger partial charge in [-0.15, -0.1) is 0 Å². The normalized spacial score (nSPS) is 24.8. The second-order valence-electron chi connectivity index (χ2n) is 9.22. The van der Waals surface area contributed by atoms with Crippen molar-refractivity contribution in [2.75, 3.05) is 20.3 Å². The van der Waals surface area contributed by atoms with Crippen LogP contribution in [0.25, 0.3) is 10.8 Å². The van der Waals surface area contributed by atoms with E-state index in [1.54, 1.807) is 70.8 Å². The van der Waals surface area contributed by atoms with Crippen molar-refractivity contribution in [2.45, 2.75) is 59.3 Å². The summed E-state index contributed by atoms with van der Waals surface area (Å²) in [5.74, 6) is 4.51. The predicted octanol–water partition coefficient (Wildman–Crippen LogP) is 6.70. The molecule has 0 N–H and O–H groups in total. The largest absolute Gasteiger partial charge is 0.462 e. The average molecular weight is 439 g/mol. The lowest BCUT2D eigenvalue weighted by molar-refractivity contribution is 0.0526. The average Bonchev–Trinajstić information content (AvgIpc) is 3.54. The second-order valence-corrected chi connectivity index (χ2v) is 9.22. The number of hydrogen-bond acceptors (Lipinski definition) is 4. The van der Waals surface area contributed by atoms with Crippen LogP contribution in [0.15, 0.2) is 36.4 Å². The number of Topliss-reactive ketones (excluding diaryl/α,β-unsaturated/α-hetero) is 1. The standard InChI is InChI=1S/C15H14O3.C10H16.C3H8O/c1-3-18-15(17)14-7-6-12-8-11(10(2)16)4-5-13(12)9-14;1-2-9-7-4-5-8(6-7)10(9)3-1;1-3-4-2/h4-9H,3H2,1-2H3;7-10H,1-6H2;3H2,1-2H3. The first-order valence-corrected chi connectivity index (χ1v) is 12.2. The van der Waals surface area contributed by atoms with Crippen LogP contribution < -0.4 is 0 Å². The number of rotatable bonds is 4. The van der Waals surface area contributed by atoms with E-state index in [1.807, 2.05) is 25.1 Å². The van der Waals surface area contributed by atoms with Gasteiger partial charge in [0.15, 0.2) is 5.78 Å². The monoisotopic (exact) mass is 438 g/mol. The lowest BCUT2D eigenvalue weighted by atomic mass is 9.82. The zero-order chi connectivity index (χ0) is 23.1. The Labute approximate surface area is 192 Å². The van der Waals surface area contributed by atoms with Crippen molar-refractivity contribution in [3.63, 3.8) is 0 Å². The highest BCUT2D eigenvalue weighted by atomic mass is 16.5. The number of fused-ring (bicyclic) bond motifs is 6. The van der Waals surface area contributed by atoms with Gasteiger partial charge in [-0.3, -0.25) is 4.79 Å². The first-order chi connectivity index (χ1) is 15.5. The summed E-state index contributed by atoms with van der Waals surface area (Å²) in [5.41, 5.74) is 1.20. The molecule has 2 aromatic rings. The smallest absolute Gasteiger partial charge is 0.338 e. The molecule has 2 bridgehead atoms. The van der Waals surface area contributed by atoms with E-state index in [0.29, 0.717) is 17.7 Å². The van der Waals surface area contributed by atoms with E-state index in [-0.39, 0.29) is 11.8 Å². The van der Waals surface area contributed by atoms with Crippen LogP contribution in [0, 0.1) is 23.7 Å². The summed E-state index contributed by atoms with van der Waals surface area (Å²) in [5, 5.41) is 1.86. The molecule has 0 aromatic heterocycles. The van der Waals surface area contributed by atoms with Crippen molar-refractivity contribution >= 4 is 22.5 Å². The molecule has 0 spiro atoms. The zero-order valence-electron chi connectivity index (χ0n) is 20.1. The highest BCUT2D eigenvalue weighted by Gasteiger charge is 2.48. The predicted molar refractivity (Wildman–Crippen MR) is 129 cm³/mol. The van der Waals surface area contributed by atoms with E-state index in [4.69, 9.17) is 4.74 Å². The van der Waals surface area contributed by atoms with E-state index in [0.717, 1.165) is 17.4 Å². The van der Waals surface area contributed by atoms with Gasteiger partial charge in [0.25, 0.3) is 0 Å². The Balaban J connectivity index is 0.000000171. The highest BCUT2D eigenvalue weighted by Crippen LogP contribution is 2.58. The summed E-state index contributed by atoms with van der Waals surface area (Å²) in [4.78, 5) is 22.9. The van der Waals surface area contributed by atoms with Gasteiger partial charge in [0.05, 0.1) is 12.2 Å². The van der Waals surface area contributed by atoms with Crippen molar-refractivity contribution in [3.05, 3.63) is 47.5 Å². The number of benzene rings is 2. The molecule has 4 heteroatoms. The molecule has 0 radical (unpaired) electrons. The fourth-order valence-corrected chi connectivity index (χ4v) is 5.82. The molecule has 4 nitrogen and oxygen atoms in total. The fourth-order valence-electron chi connectivity index (χ4n) is 5.82. The SMILES string of the molecule is C1CC2C3CCC(C3)C2C1.CCOC.CCOC(=O)c1ccc2cc(C(C)=O)ccc2c1. The number of hydrogen-bond donors (Lipinski definition) is 0. The van der Waals surface area contributed by atoms with Gasteiger partial charge in [0.1, 0.15) is 0 Å². The minimum Gasteiger partial charge on any atom is -0.462 e. The van der Waals surface area contributed by atoms with Crippen LogP contribution in [0.3, 0.4) is 0 Å². The van der Waals surface area contributed by atoms with Gasteiger partial charge < -0.3 is 9.47 Å². The quantitative estimate of drug-likeness (QED) is 0.393. The van der Waals surface area contributed by atoms with Crippen LogP contribution in [0.4, 0.5) is 0 Å². The lowest BCUT2D eigenvalue weighted by Gasteiger charge is -2.23. The van der Waals surface area contributed by atoms with Crippen LogP contribution >= 0.6 is 0 Å². The van der Waals surface area contributed by atoms with Gasteiger partial charge in [-0.05, 0) is 106 Å². The fraction of sp³-hybridized carbons (Fsp3) is 0.571. The number of carbonyl (C=O) groups is 2. The molecule has 3 fully saturated rings. The van der Waals surface area contributed by atoms with Gasteiger partial charge in [-0.2, -0.15) is 0 Å². The van der Waals surface area contributed by atoms with Crippen molar-refractivity contribution < 1.29 is 19.1 Å². The Kier molecular flexibility index (Phi) is 8.86. The molecule has 4 atom stereocenters. The van der Waals surface area contributed by atoms with Gasteiger partial charge in [-0.25, -0.2) is 4.79 Å². The van der Waals surface area contributed by atoms with E-state index in [1.165, 1.54) is 30.6 Å². The van der Waals surface area contributed by atoms with Gasteiger partial charge >= 0.3 is 5.97 Å². The molecular formula is C28H38O4. The van der Waals surface area contributed by atoms with Crippen LogP contribution in [-0.2, 0) is 9.47 Å². The molecule has 174 valence electrons. The molecule has 3 aliphatic rings. The van der Waals surface area contributed by atoms with Crippen LogP contribution in [0.1, 0.15) is 80.0 Å². The lowest BCUT2D eigenvalue weighted by Crippen LogP contribution is -2.15. The minimum absolute atomic E-state index is 0.0337. The summed E-state index contributed by atoms with van der Waals surface area (Å²) in [6, 6.07) is 10.7. The maximum absolute atomic E-state index is 11.6. The van der Waals surface area contributed by atoms with Gasteiger partial charge in [0.2, 0.25) is 0 Å². The summed E-state index contributed by atoms with van der Waals surface area (Å²) in [6.07, 6.45) is 9.53. The number of ether oxygens (including phenoxy) is 2.